The van der Waals surface area contributed by atoms with E-state index < -0.39 is 5.82 Å². The lowest BCUT2D eigenvalue weighted by Crippen LogP contribution is -2.36. The first-order valence-electron chi connectivity index (χ1n) is 7.81. The zero-order valence-electron chi connectivity index (χ0n) is 13.6. The van der Waals surface area contributed by atoms with Crippen molar-refractivity contribution in [3.8, 4) is 0 Å². The molecule has 0 aromatic carbocycles. The van der Waals surface area contributed by atoms with Gasteiger partial charge in [0, 0.05) is 43.6 Å². The zero-order chi connectivity index (χ0) is 17.1. The van der Waals surface area contributed by atoms with E-state index in [0.717, 1.165) is 23.3 Å². The predicted octanol–water partition coefficient (Wildman–Crippen LogP) is 2.57. The van der Waals surface area contributed by atoms with Crippen molar-refractivity contribution in [3.63, 3.8) is 0 Å². The molecular weight excluding hydrogens is 307 g/mol. The standard InChI is InChI=1S/C18H19FN4O/c1-3-8-22-9-10-23(12-14-5-4-13(2)21-17(14)22)18(24)15-6-7-20-11-16(15)19/h3-7,11H,1,8-10,12H2,2H3. The van der Waals surface area contributed by atoms with Crippen LogP contribution in [0.1, 0.15) is 21.6 Å². The molecule has 3 rings (SSSR count). The van der Waals surface area contributed by atoms with Crippen LogP contribution in [0.15, 0.2) is 43.2 Å². The highest BCUT2D eigenvalue weighted by molar-refractivity contribution is 5.94. The van der Waals surface area contributed by atoms with Crippen LogP contribution < -0.4 is 4.90 Å². The van der Waals surface area contributed by atoms with Crippen LogP contribution in [0.25, 0.3) is 0 Å². The van der Waals surface area contributed by atoms with Crippen molar-refractivity contribution < 1.29 is 9.18 Å². The van der Waals surface area contributed by atoms with Gasteiger partial charge >= 0.3 is 0 Å². The molecule has 0 bridgehead atoms. The lowest BCUT2D eigenvalue weighted by Gasteiger charge is -2.22. The molecule has 2 aromatic rings. The van der Waals surface area contributed by atoms with E-state index in [0.29, 0.717) is 26.2 Å². The third-order valence-electron chi connectivity index (χ3n) is 4.04. The zero-order valence-corrected chi connectivity index (χ0v) is 13.6. The lowest BCUT2D eigenvalue weighted by molar-refractivity contribution is 0.0746. The molecule has 1 aliphatic heterocycles. The molecule has 0 N–H and O–H groups in total. The van der Waals surface area contributed by atoms with E-state index in [1.165, 1.54) is 12.3 Å². The van der Waals surface area contributed by atoms with E-state index in [1.54, 1.807) is 4.90 Å². The maximum Gasteiger partial charge on any atom is 0.257 e. The fourth-order valence-electron chi connectivity index (χ4n) is 2.83. The third kappa shape index (κ3) is 3.13. The largest absolute Gasteiger partial charge is 0.351 e. The topological polar surface area (TPSA) is 49.3 Å². The van der Waals surface area contributed by atoms with Crippen LogP contribution in [0.4, 0.5) is 10.2 Å². The average Bonchev–Trinajstić information content (AvgIpc) is 2.75. The van der Waals surface area contributed by atoms with Gasteiger partial charge in [0.15, 0.2) is 5.82 Å². The van der Waals surface area contributed by atoms with Gasteiger partial charge in [-0.05, 0) is 19.1 Å². The molecule has 3 heterocycles. The van der Waals surface area contributed by atoms with Crippen LogP contribution in [0.2, 0.25) is 0 Å². The molecule has 0 atom stereocenters. The predicted molar refractivity (Wildman–Crippen MR) is 90.3 cm³/mol. The Morgan fingerprint density at radius 2 is 2.21 bits per heavy atom. The van der Waals surface area contributed by atoms with E-state index in [2.05, 4.69) is 21.4 Å². The number of anilines is 1. The first kappa shape index (κ1) is 16.1. The number of halogens is 1. The lowest BCUT2D eigenvalue weighted by atomic mass is 10.2. The van der Waals surface area contributed by atoms with E-state index >= 15 is 0 Å². The highest BCUT2D eigenvalue weighted by Crippen LogP contribution is 2.24. The van der Waals surface area contributed by atoms with Crippen molar-refractivity contribution in [1.82, 2.24) is 14.9 Å². The van der Waals surface area contributed by atoms with Gasteiger partial charge in [-0.3, -0.25) is 9.78 Å². The van der Waals surface area contributed by atoms with Gasteiger partial charge in [0.2, 0.25) is 0 Å². The maximum absolute atomic E-state index is 13.9. The van der Waals surface area contributed by atoms with Crippen molar-refractivity contribution in [2.75, 3.05) is 24.5 Å². The van der Waals surface area contributed by atoms with Gasteiger partial charge in [-0.1, -0.05) is 12.1 Å². The number of carbonyl (C=O) groups is 1. The number of aryl methyl sites for hydroxylation is 1. The molecule has 0 unspecified atom stereocenters. The van der Waals surface area contributed by atoms with E-state index in [1.807, 2.05) is 25.1 Å². The van der Waals surface area contributed by atoms with Crippen LogP contribution in [0.5, 0.6) is 0 Å². The third-order valence-corrected chi connectivity index (χ3v) is 4.04. The fourth-order valence-corrected chi connectivity index (χ4v) is 2.83. The molecule has 0 radical (unpaired) electrons. The Labute approximate surface area is 140 Å². The summed E-state index contributed by atoms with van der Waals surface area (Å²) in [7, 11) is 0. The summed E-state index contributed by atoms with van der Waals surface area (Å²) < 4.78 is 13.9. The van der Waals surface area contributed by atoms with Gasteiger partial charge in [0.05, 0.1) is 11.8 Å². The first-order chi connectivity index (χ1) is 11.6. The molecule has 5 nitrogen and oxygen atoms in total. The minimum atomic E-state index is -0.600. The monoisotopic (exact) mass is 326 g/mol. The van der Waals surface area contributed by atoms with E-state index in [9.17, 15) is 9.18 Å². The van der Waals surface area contributed by atoms with Crippen molar-refractivity contribution in [3.05, 3.63) is 65.9 Å². The van der Waals surface area contributed by atoms with E-state index in [4.69, 9.17) is 0 Å². The van der Waals surface area contributed by atoms with Crippen LogP contribution in [-0.4, -0.2) is 40.4 Å². The number of hydrogen-bond donors (Lipinski definition) is 0. The molecule has 0 saturated heterocycles. The SMILES string of the molecule is C=CCN1CCN(C(=O)c2ccncc2F)Cc2ccc(C)nc21. The van der Waals surface area contributed by atoms with Gasteiger partial charge in [-0.25, -0.2) is 9.37 Å². The number of pyridine rings is 2. The Hall–Kier alpha value is -2.76. The molecular formula is C18H19FN4O. The average molecular weight is 326 g/mol. The first-order valence-corrected chi connectivity index (χ1v) is 7.81. The van der Waals surface area contributed by atoms with Crippen LogP contribution in [-0.2, 0) is 6.54 Å². The minimum absolute atomic E-state index is 0.0452. The number of hydrogen-bond acceptors (Lipinski definition) is 4. The Morgan fingerprint density at radius 3 is 2.96 bits per heavy atom. The number of fused-ring (bicyclic) bond motifs is 1. The normalized spacial score (nSPS) is 14.1. The second kappa shape index (κ2) is 6.78. The van der Waals surface area contributed by atoms with Crippen molar-refractivity contribution >= 4 is 11.7 Å². The van der Waals surface area contributed by atoms with Gasteiger partial charge in [-0.15, -0.1) is 6.58 Å². The van der Waals surface area contributed by atoms with Gasteiger partial charge in [0.1, 0.15) is 5.82 Å². The molecule has 1 amide bonds. The molecule has 0 fully saturated rings. The number of rotatable bonds is 3. The highest BCUT2D eigenvalue weighted by Gasteiger charge is 2.25. The van der Waals surface area contributed by atoms with Crippen LogP contribution in [0.3, 0.4) is 0 Å². The van der Waals surface area contributed by atoms with Crippen molar-refractivity contribution in [2.45, 2.75) is 13.5 Å². The molecule has 0 spiro atoms. The second-order valence-electron chi connectivity index (χ2n) is 5.75. The highest BCUT2D eigenvalue weighted by atomic mass is 19.1. The fraction of sp³-hybridized carbons (Fsp3) is 0.278. The second-order valence-corrected chi connectivity index (χ2v) is 5.75. The molecule has 124 valence electrons. The number of nitrogens with zero attached hydrogens (tertiary/aromatic N) is 4. The minimum Gasteiger partial charge on any atom is -0.351 e. The smallest absolute Gasteiger partial charge is 0.257 e. The number of amides is 1. The summed E-state index contributed by atoms with van der Waals surface area (Å²) in [5, 5.41) is 0. The van der Waals surface area contributed by atoms with E-state index in [-0.39, 0.29) is 11.5 Å². The molecule has 0 saturated carbocycles. The summed E-state index contributed by atoms with van der Waals surface area (Å²) in [4.78, 5) is 24.8. The van der Waals surface area contributed by atoms with Crippen molar-refractivity contribution in [2.24, 2.45) is 0 Å². The van der Waals surface area contributed by atoms with Crippen molar-refractivity contribution in [1.29, 1.82) is 0 Å². The van der Waals surface area contributed by atoms with Gasteiger partial charge < -0.3 is 9.80 Å². The molecule has 1 aliphatic rings. The maximum atomic E-state index is 13.9. The molecule has 6 heteroatoms. The summed E-state index contributed by atoms with van der Waals surface area (Å²) >= 11 is 0. The Kier molecular flexibility index (Phi) is 4.55. The summed E-state index contributed by atoms with van der Waals surface area (Å²) in [6.07, 6.45) is 4.30. The number of carbonyl (C=O) groups excluding carboxylic acids is 1. The Bertz CT molecular complexity index is 777. The quantitative estimate of drug-likeness (QED) is 0.814. The summed E-state index contributed by atoms with van der Waals surface area (Å²) in [6, 6.07) is 5.31. The molecule has 0 aliphatic carbocycles. The number of aromatic nitrogens is 2. The summed E-state index contributed by atoms with van der Waals surface area (Å²) in [6.45, 7) is 7.88. The molecule has 24 heavy (non-hydrogen) atoms. The molecule has 2 aromatic heterocycles. The van der Waals surface area contributed by atoms with Crippen LogP contribution in [0, 0.1) is 12.7 Å². The summed E-state index contributed by atoms with van der Waals surface area (Å²) in [5.41, 5.74) is 1.91. The van der Waals surface area contributed by atoms with Crippen LogP contribution >= 0.6 is 0 Å². The van der Waals surface area contributed by atoms with Gasteiger partial charge in [0.25, 0.3) is 5.91 Å². The Balaban J connectivity index is 1.93. The van der Waals surface area contributed by atoms with Gasteiger partial charge in [-0.2, -0.15) is 0 Å². The summed E-state index contributed by atoms with van der Waals surface area (Å²) in [5.74, 6) is -0.0702. The Morgan fingerprint density at radius 1 is 1.38 bits per heavy atom.